The fourth-order valence-corrected chi connectivity index (χ4v) is 5.69. The van der Waals surface area contributed by atoms with E-state index < -0.39 is 0 Å². The van der Waals surface area contributed by atoms with Gasteiger partial charge in [0, 0.05) is 26.0 Å². The van der Waals surface area contributed by atoms with Gasteiger partial charge < -0.3 is 24.9 Å². The molecule has 2 N–H and O–H groups in total. The molecule has 0 aromatic carbocycles. The maximum absolute atomic E-state index is 12.3. The van der Waals surface area contributed by atoms with Crippen molar-refractivity contribution >= 4 is 18.7 Å². The predicted molar refractivity (Wildman–Crippen MR) is 207 cm³/mol. The van der Waals surface area contributed by atoms with Gasteiger partial charge in [0.05, 0.1) is 0 Å². The summed E-state index contributed by atoms with van der Waals surface area (Å²) in [6, 6.07) is 0. The molecule has 0 aliphatic carbocycles. The number of esters is 1. The lowest BCUT2D eigenvalue weighted by atomic mass is 10.1. The number of aliphatic hydroxyl groups is 1. The molecule has 48 heavy (non-hydrogen) atoms. The summed E-state index contributed by atoms with van der Waals surface area (Å²) in [5, 5.41) is 11.4. The maximum atomic E-state index is 12.3. The zero-order valence-electron chi connectivity index (χ0n) is 32.9. The van der Waals surface area contributed by atoms with Gasteiger partial charge in [-0.05, 0) is 71.0 Å². The summed E-state index contributed by atoms with van der Waals surface area (Å²) in [4.78, 5) is 34.4. The Labute approximate surface area is 299 Å². The van der Waals surface area contributed by atoms with Crippen molar-refractivity contribution in [3.8, 4) is 0 Å². The van der Waals surface area contributed by atoms with Crippen LogP contribution in [0.2, 0.25) is 0 Å². The van der Waals surface area contributed by atoms with E-state index >= 15 is 0 Å². The molecule has 0 aliphatic rings. The number of amides is 1. The van der Waals surface area contributed by atoms with Crippen LogP contribution in [0.15, 0.2) is 0 Å². The largest absolute Gasteiger partial charge is 0.462 e. The molecule has 0 radical (unpaired) electrons. The summed E-state index contributed by atoms with van der Waals surface area (Å²) in [5.41, 5.74) is 0. The van der Waals surface area contributed by atoms with Crippen molar-refractivity contribution in [2.45, 2.75) is 214 Å². The molecule has 0 saturated carbocycles. The monoisotopic (exact) mass is 685 g/mol. The van der Waals surface area contributed by atoms with Gasteiger partial charge in [-0.15, -0.1) is 0 Å². The lowest BCUT2D eigenvalue weighted by Crippen LogP contribution is -2.31. The molecule has 0 saturated heterocycles. The van der Waals surface area contributed by atoms with Crippen LogP contribution in [0.4, 0.5) is 0 Å². The first-order valence-corrected chi connectivity index (χ1v) is 20.6. The highest BCUT2D eigenvalue weighted by Gasteiger charge is 2.14. The Hall–Kier alpha value is -1.47. The van der Waals surface area contributed by atoms with Crippen LogP contribution in [0.25, 0.3) is 0 Å². The summed E-state index contributed by atoms with van der Waals surface area (Å²) in [6.07, 6.45) is 31.5. The third kappa shape index (κ3) is 42.6. The van der Waals surface area contributed by atoms with Crippen LogP contribution in [0.5, 0.6) is 0 Å². The first-order valence-electron chi connectivity index (χ1n) is 20.6. The smallest absolute Gasteiger partial charge is 0.306 e. The highest BCUT2D eigenvalue weighted by atomic mass is 16.5. The van der Waals surface area contributed by atoms with Crippen LogP contribution in [-0.2, 0) is 19.1 Å². The minimum atomic E-state index is 0.0119. The van der Waals surface area contributed by atoms with Gasteiger partial charge in [0.2, 0.25) is 5.91 Å². The Morgan fingerprint density at radius 2 is 1.02 bits per heavy atom. The Kier molecular flexibility index (Phi) is 48.3. The molecule has 0 aromatic rings. The molecule has 0 aliphatic heterocycles. The Morgan fingerprint density at radius 3 is 1.54 bits per heavy atom. The van der Waals surface area contributed by atoms with Crippen molar-refractivity contribution in [2.75, 3.05) is 32.8 Å². The molecule has 1 amide bonds. The highest BCUT2D eigenvalue weighted by Crippen LogP contribution is 2.16. The number of hydrogen-bond donors (Lipinski definition) is 2. The van der Waals surface area contributed by atoms with Crippen molar-refractivity contribution in [2.24, 2.45) is 0 Å². The van der Waals surface area contributed by atoms with Gasteiger partial charge in [-0.25, -0.2) is 0 Å². The fraction of sp³-hybridized carbons (Fsp3) is 0.927. The predicted octanol–water partition coefficient (Wildman–Crippen LogP) is 10.7. The number of carbonyl (C=O) groups excluding carboxylic acids is 3. The number of unbranched alkanes of at least 4 members (excludes halogenated alkanes) is 17. The fourth-order valence-electron chi connectivity index (χ4n) is 5.69. The van der Waals surface area contributed by atoms with E-state index in [2.05, 4.69) is 37.9 Å². The number of hydrogen-bond acceptors (Lipinski definition) is 6. The van der Waals surface area contributed by atoms with Crippen LogP contribution in [-0.4, -0.2) is 67.6 Å². The van der Waals surface area contributed by atoms with E-state index in [0.29, 0.717) is 19.4 Å². The van der Waals surface area contributed by atoms with Crippen LogP contribution < -0.4 is 5.32 Å². The molecule has 7 heteroatoms. The van der Waals surface area contributed by atoms with E-state index in [4.69, 9.17) is 14.6 Å². The minimum Gasteiger partial charge on any atom is -0.462 e. The molecule has 0 fully saturated rings. The number of carbonyl (C=O) groups is 3. The summed E-state index contributed by atoms with van der Waals surface area (Å²) in [6.45, 7) is 17.4. The van der Waals surface area contributed by atoms with E-state index in [-0.39, 0.29) is 18.0 Å². The van der Waals surface area contributed by atoms with Crippen molar-refractivity contribution in [3.05, 3.63) is 0 Å². The van der Waals surface area contributed by atoms with Gasteiger partial charge >= 0.3 is 5.97 Å². The second-order valence-corrected chi connectivity index (χ2v) is 13.4. The average Bonchev–Trinajstić information content (AvgIpc) is 3.10. The van der Waals surface area contributed by atoms with Crippen molar-refractivity contribution in [1.82, 2.24) is 10.2 Å². The van der Waals surface area contributed by atoms with Crippen LogP contribution in [0.1, 0.15) is 208 Å². The first-order chi connectivity index (χ1) is 23.5. The standard InChI is InChI=1S/C32H64N2O3.C8H18O.CH2O/c1-5-9-12-13-16-20-27-34(29-22-26-33-31(35)8-4)28-21-17-14-15-19-25-32(36)37-30(23-11-7-3)24-18-10-6-2;1-2-3-4-5-6-7-8-9;1-2/h30H,5-29H2,1-4H3,(H,33,35);9H,2-8H2,1H3;1H2. The lowest BCUT2D eigenvalue weighted by molar-refractivity contribution is -0.150. The number of rotatable bonds is 34. The third-order valence-electron chi connectivity index (χ3n) is 8.80. The van der Waals surface area contributed by atoms with E-state index in [1.165, 1.54) is 116 Å². The second-order valence-electron chi connectivity index (χ2n) is 13.4. The molecule has 0 heterocycles. The molecule has 0 aromatic heterocycles. The topological polar surface area (TPSA) is 95.9 Å². The Balaban J connectivity index is -0.00000157. The van der Waals surface area contributed by atoms with Crippen molar-refractivity contribution in [3.63, 3.8) is 0 Å². The SMILES string of the molecule is C=O.CCCCCCCCN(CCCCCCCC(=O)OC(CCCC)CCCCC)CCCNC(=O)CC.CCCCCCCCO. The number of nitrogens with zero attached hydrogens (tertiary/aromatic N) is 1. The van der Waals surface area contributed by atoms with Gasteiger partial charge in [-0.2, -0.15) is 0 Å². The van der Waals surface area contributed by atoms with Crippen molar-refractivity contribution in [1.29, 1.82) is 0 Å². The molecule has 0 bridgehead atoms. The Bertz CT molecular complexity index is 628. The number of aliphatic hydroxyl groups excluding tert-OH is 1. The summed E-state index contributed by atoms with van der Waals surface area (Å²) in [7, 11) is 0. The van der Waals surface area contributed by atoms with Gasteiger partial charge in [0.25, 0.3) is 0 Å². The highest BCUT2D eigenvalue weighted by molar-refractivity contribution is 5.75. The average molecular weight is 685 g/mol. The molecule has 0 spiro atoms. The molecule has 0 rings (SSSR count). The zero-order valence-corrected chi connectivity index (χ0v) is 32.9. The van der Waals surface area contributed by atoms with Crippen LogP contribution >= 0.6 is 0 Å². The maximum Gasteiger partial charge on any atom is 0.306 e. The first kappa shape index (κ1) is 50.9. The normalized spacial score (nSPS) is 11.3. The molecule has 1 atom stereocenters. The van der Waals surface area contributed by atoms with Gasteiger partial charge in [-0.3, -0.25) is 9.59 Å². The Morgan fingerprint density at radius 1 is 0.583 bits per heavy atom. The number of nitrogens with one attached hydrogen (secondary N) is 1. The minimum absolute atomic E-state index is 0.0119. The van der Waals surface area contributed by atoms with Gasteiger partial charge in [0.15, 0.2) is 0 Å². The van der Waals surface area contributed by atoms with E-state index in [9.17, 15) is 9.59 Å². The number of ether oxygens (including phenoxy) is 1. The van der Waals surface area contributed by atoms with E-state index in [1.807, 2.05) is 13.7 Å². The lowest BCUT2D eigenvalue weighted by Gasteiger charge is -2.22. The molecule has 288 valence electrons. The summed E-state index contributed by atoms with van der Waals surface area (Å²) in [5.74, 6) is 0.164. The van der Waals surface area contributed by atoms with Gasteiger partial charge in [-0.1, -0.05) is 144 Å². The molecular weight excluding hydrogens is 600 g/mol. The molecule has 7 nitrogen and oxygen atoms in total. The quantitative estimate of drug-likeness (QED) is 0.0517. The second kappa shape index (κ2) is 45.5. The van der Waals surface area contributed by atoms with Crippen LogP contribution in [0.3, 0.4) is 0 Å². The zero-order chi connectivity index (χ0) is 36.4. The van der Waals surface area contributed by atoms with Crippen LogP contribution in [0, 0.1) is 0 Å². The molecule has 1 unspecified atom stereocenters. The molecular formula is C41H84N2O5. The van der Waals surface area contributed by atoms with Gasteiger partial charge in [0.1, 0.15) is 12.9 Å². The third-order valence-corrected chi connectivity index (χ3v) is 8.80. The summed E-state index contributed by atoms with van der Waals surface area (Å²) >= 11 is 0. The van der Waals surface area contributed by atoms with Crippen molar-refractivity contribution < 1.29 is 24.2 Å². The summed E-state index contributed by atoms with van der Waals surface area (Å²) < 4.78 is 5.82. The van der Waals surface area contributed by atoms with E-state index in [0.717, 1.165) is 71.0 Å². The van der Waals surface area contributed by atoms with E-state index in [1.54, 1.807) is 0 Å².